The number of nitrogens with zero attached hydrogens (tertiary/aromatic N) is 1. The zero-order valence-corrected chi connectivity index (χ0v) is 11.9. The summed E-state index contributed by atoms with van der Waals surface area (Å²) in [4.78, 5) is 0. The summed E-state index contributed by atoms with van der Waals surface area (Å²) in [5.74, 6) is -0.0437. The summed E-state index contributed by atoms with van der Waals surface area (Å²) in [6.07, 6.45) is 3.64. The molecule has 19 heavy (non-hydrogen) atoms. The van der Waals surface area contributed by atoms with Crippen LogP contribution in [0.2, 0.25) is 0 Å². The van der Waals surface area contributed by atoms with Crippen molar-refractivity contribution in [2.75, 3.05) is 17.8 Å². The molecule has 0 spiro atoms. The molecule has 5 nitrogen and oxygen atoms in total. The highest BCUT2D eigenvalue weighted by Gasteiger charge is 2.24. The number of piperidine rings is 1. The Labute approximate surface area is 114 Å². The van der Waals surface area contributed by atoms with Gasteiger partial charge in [-0.25, -0.2) is 0 Å². The topological polar surface area (TPSA) is 69.6 Å². The normalized spacial score (nSPS) is 17.3. The van der Waals surface area contributed by atoms with Crippen molar-refractivity contribution >= 4 is 15.9 Å². The number of hydrogen-bond acceptors (Lipinski definition) is 3. The lowest BCUT2D eigenvalue weighted by molar-refractivity contribution is 0.349. The van der Waals surface area contributed by atoms with Crippen molar-refractivity contribution < 1.29 is 13.5 Å². The number of aromatic hydroxyl groups is 1. The lowest BCUT2D eigenvalue weighted by atomic mass is 10.1. The second kappa shape index (κ2) is 5.79. The van der Waals surface area contributed by atoms with E-state index < -0.39 is 10.2 Å². The van der Waals surface area contributed by atoms with Gasteiger partial charge in [0.25, 0.3) is 0 Å². The molecule has 0 atom stereocenters. The Kier molecular flexibility index (Phi) is 4.31. The van der Waals surface area contributed by atoms with Gasteiger partial charge in [0, 0.05) is 13.1 Å². The van der Waals surface area contributed by atoms with E-state index in [0.29, 0.717) is 13.1 Å². The molecule has 0 amide bonds. The summed E-state index contributed by atoms with van der Waals surface area (Å²) in [6.45, 7) is 3.07. The maximum atomic E-state index is 12.2. The van der Waals surface area contributed by atoms with Crippen molar-refractivity contribution in [2.45, 2.75) is 32.6 Å². The van der Waals surface area contributed by atoms with Crippen LogP contribution in [0.4, 0.5) is 5.69 Å². The van der Waals surface area contributed by atoms with Crippen molar-refractivity contribution in [3.63, 3.8) is 0 Å². The van der Waals surface area contributed by atoms with Crippen LogP contribution in [0.15, 0.2) is 18.2 Å². The number of aryl methyl sites for hydroxylation is 1. The van der Waals surface area contributed by atoms with E-state index in [9.17, 15) is 13.5 Å². The quantitative estimate of drug-likeness (QED) is 0.832. The zero-order valence-electron chi connectivity index (χ0n) is 11.1. The van der Waals surface area contributed by atoms with Gasteiger partial charge in [0.2, 0.25) is 0 Å². The molecule has 2 rings (SSSR count). The largest absolute Gasteiger partial charge is 0.506 e. The van der Waals surface area contributed by atoms with E-state index in [0.717, 1.165) is 31.2 Å². The van der Waals surface area contributed by atoms with E-state index in [1.165, 1.54) is 10.4 Å². The fraction of sp³-hybridized carbons (Fsp3) is 0.538. The Morgan fingerprint density at radius 2 is 1.95 bits per heavy atom. The highest BCUT2D eigenvalue weighted by atomic mass is 32.2. The Balaban J connectivity index is 2.19. The number of hydrogen-bond donors (Lipinski definition) is 2. The minimum absolute atomic E-state index is 0.0437. The molecule has 0 aliphatic carbocycles. The molecular formula is C13H20N2O3S. The molecule has 1 aliphatic heterocycles. The molecule has 2 N–H and O–H groups in total. The summed E-state index contributed by atoms with van der Waals surface area (Å²) < 4.78 is 28.3. The van der Waals surface area contributed by atoms with Gasteiger partial charge in [0.05, 0.1) is 5.69 Å². The first-order chi connectivity index (χ1) is 9.03. The summed E-state index contributed by atoms with van der Waals surface area (Å²) in [5.41, 5.74) is 1.24. The van der Waals surface area contributed by atoms with E-state index in [1.54, 1.807) is 12.1 Å². The third kappa shape index (κ3) is 3.39. The molecule has 0 radical (unpaired) electrons. The average Bonchev–Trinajstić information content (AvgIpc) is 2.42. The molecule has 1 aromatic rings. The summed E-state index contributed by atoms with van der Waals surface area (Å²) in [6, 6.07) is 4.98. The minimum Gasteiger partial charge on any atom is -0.506 e. The Morgan fingerprint density at radius 1 is 1.26 bits per heavy atom. The van der Waals surface area contributed by atoms with Crippen LogP contribution in [0, 0.1) is 0 Å². The highest BCUT2D eigenvalue weighted by molar-refractivity contribution is 7.90. The van der Waals surface area contributed by atoms with Crippen LogP contribution < -0.4 is 4.72 Å². The minimum atomic E-state index is -3.56. The van der Waals surface area contributed by atoms with Crippen molar-refractivity contribution in [1.29, 1.82) is 0 Å². The van der Waals surface area contributed by atoms with Gasteiger partial charge in [-0.1, -0.05) is 19.4 Å². The predicted octanol–water partition coefficient (Wildman–Crippen LogP) is 2.10. The molecule has 1 fully saturated rings. The Morgan fingerprint density at radius 3 is 2.58 bits per heavy atom. The van der Waals surface area contributed by atoms with Crippen LogP contribution in [-0.4, -0.2) is 30.9 Å². The fourth-order valence-corrected chi connectivity index (χ4v) is 3.50. The number of nitrogens with one attached hydrogen (secondary N) is 1. The number of anilines is 1. The SMILES string of the molecule is CCc1ccc(O)c(NS(=O)(=O)N2CCCCC2)c1. The van der Waals surface area contributed by atoms with Crippen LogP contribution in [0.1, 0.15) is 31.7 Å². The van der Waals surface area contributed by atoms with Gasteiger partial charge in [-0.3, -0.25) is 4.72 Å². The van der Waals surface area contributed by atoms with Crippen molar-refractivity contribution in [3.05, 3.63) is 23.8 Å². The van der Waals surface area contributed by atoms with Crippen molar-refractivity contribution in [3.8, 4) is 5.75 Å². The van der Waals surface area contributed by atoms with E-state index in [-0.39, 0.29) is 11.4 Å². The lowest BCUT2D eigenvalue weighted by Crippen LogP contribution is -2.39. The lowest BCUT2D eigenvalue weighted by Gasteiger charge is -2.26. The predicted molar refractivity (Wildman–Crippen MR) is 75.5 cm³/mol. The molecule has 106 valence electrons. The molecule has 0 aromatic heterocycles. The van der Waals surface area contributed by atoms with Crippen molar-refractivity contribution in [2.24, 2.45) is 0 Å². The highest BCUT2D eigenvalue weighted by Crippen LogP contribution is 2.26. The molecule has 1 aliphatic rings. The van der Waals surface area contributed by atoms with Gasteiger partial charge in [-0.2, -0.15) is 12.7 Å². The monoisotopic (exact) mass is 284 g/mol. The second-order valence-corrected chi connectivity index (χ2v) is 6.44. The standard InChI is InChI=1S/C13H20N2O3S/c1-2-11-6-7-13(16)12(10-11)14-19(17,18)15-8-4-3-5-9-15/h6-7,10,14,16H,2-5,8-9H2,1H3. The molecule has 0 bridgehead atoms. The third-order valence-corrected chi connectivity index (χ3v) is 4.89. The van der Waals surface area contributed by atoms with Gasteiger partial charge in [-0.15, -0.1) is 0 Å². The fourth-order valence-electron chi connectivity index (χ4n) is 2.19. The Hall–Kier alpha value is -1.27. The molecule has 0 unspecified atom stereocenters. The first-order valence-electron chi connectivity index (χ1n) is 6.62. The van der Waals surface area contributed by atoms with Crippen LogP contribution in [0.25, 0.3) is 0 Å². The summed E-state index contributed by atoms with van der Waals surface area (Å²) in [5, 5.41) is 9.75. The second-order valence-electron chi connectivity index (χ2n) is 4.77. The van der Waals surface area contributed by atoms with Crippen LogP contribution in [0.5, 0.6) is 5.75 Å². The maximum Gasteiger partial charge on any atom is 0.301 e. The summed E-state index contributed by atoms with van der Waals surface area (Å²) in [7, 11) is -3.56. The van der Waals surface area contributed by atoms with Gasteiger partial charge in [0.1, 0.15) is 5.75 Å². The molecule has 0 saturated carbocycles. The van der Waals surface area contributed by atoms with E-state index in [4.69, 9.17) is 0 Å². The smallest absolute Gasteiger partial charge is 0.301 e. The first-order valence-corrected chi connectivity index (χ1v) is 8.06. The van der Waals surface area contributed by atoms with Gasteiger partial charge in [0.15, 0.2) is 0 Å². The van der Waals surface area contributed by atoms with Gasteiger partial charge < -0.3 is 5.11 Å². The van der Waals surface area contributed by atoms with Gasteiger partial charge in [-0.05, 0) is 37.0 Å². The molecular weight excluding hydrogens is 264 g/mol. The van der Waals surface area contributed by atoms with Crippen LogP contribution >= 0.6 is 0 Å². The van der Waals surface area contributed by atoms with E-state index in [1.807, 2.05) is 6.92 Å². The number of benzene rings is 1. The molecule has 1 saturated heterocycles. The van der Waals surface area contributed by atoms with E-state index >= 15 is 0 Å². The number of phenolic OH excluding ortho intramolecular Hbond substituents is 1. The number of phenols is 1. The van der Waals surface area contributed by atoms with Gasteiger partial charge >= 0.3 is 10.2 Å². The third-order valence-electron chi connectivity index (χ3n) is 3.36. The molecule has 1 heterocycles. The molecule has 6 heteroatoms. The van der Waals surface area contributed by atoms with Crippen molar-refractivity contribution in [1.82, 2.24) is 4.31 Å². The van der Waals surface area contributed by atoms with E-state index in [2.05, 4.69) is 4.72 Å². The van der Waals surface area contributed by atoms with Crippen LogP contribution in [-0.2, 0) is 16.6 Å². The summed E-state index contributed by atoms with van der Waals surface area (Å²) >= 11 is 0. The maximum absolute atomic E-state index is 12.2. The molecule has 1 aromatic carbocycles. The first kappa shape index (κ1) is 14.1. The van der Waals surface area contributed by atoms with Crippen LogP contribution in [0.3, 0.4) is 0 Å². The zero-order chi connectivity index (χ0) is 13.9. The number of rotatable bonds is 4. The Bertz CT molecular complexity index is 537. The average molecular weight is 284 g/mol.